The quantitative estimate of drug-likeness (QED) is 0.707. The highest BCUT2D eigenvalue weighted by Crippen LogP contribution is 2.30. The Labute approximate surface area is 92.3 Å². The summed E-state index contributed by atoms with van der Waals surface area (Å²) in [5.74, 6) is 0.530. The van der Waals surface area contributed by atoms with Crippen molar-refractivity contribution in [3.05, 3.63) is 0 Å². The van der Waals surface area contributed by atoms with E-state index >= 15 is 0 Å². The normalized spacial score (nSPS) is 20.5. The molecular formula is C12H23NO2. The van der Waals surface area contributed by atoms with Crippen LogP contribution in [0.2, 0.25) is 0 Å². The summed E-state index contributed by atoms with van der Waals surface area (Å²) in [6, 6.07) is 0. The Balaban J connectivity index is 2.13. The first-order chi connectivity index (χ1) is 7.06. The van der Waals surface area contributed by atoms with Crippen LogP contribution in [0.25, 0.3) is 0 Å². The fraction of sp³-hybridized carbons (Fsp3) is 0.917. The summed E-state index contributed by atoms with van der Waals surface area (Å²) in [4.78, 5) is 11.5. The number of nitrogens with one attached hydrogen (secondary N) is 1. The van der Waals surface area contributed by atoms with Crippen LogP contribution in [0.15, 0.2) is 0 Å². The van der Waals surface area contributed by atoms with Crippen LogP contribution >= 0.6 is 0 Å². The summed E-state index contributed by atoms with van der Waals surface area (Å²) < 4.78 is 0. The number of carbonyl (C=O) groups excluding carboxylic acids is 1. The van der Waals surface area contributed by atoms with Crippen molar-refractivity contribution in [2.45, 2.75) is 58.0 Å². The molecule has 3 nitrogen and oxygen atoms in total. The standard InChI is InChI=1S/C12H23NO2/c1-3-5-10(2)8-11(14)13-9-12(15)6-4-7-12/h10,15H,3-9H2,1-2H3,(H,13,14). The van der Waals surface area contributed by atoms with Crippen LogP contribution in [0, 0.1) is 5.92 Å². The molecule has 0 aliphatic heterocycles. The van der Waals surface area contributed by atoms with Crippen LogP contribution in [0.1, 0.15) is 52.4 Å². The van der Waals surface area contributed by atoms with Gasteiger partial charge >= 0.3 is 0 Å². The molecule has 0 saturated heterocycles. The smallest absolute Gasteiger partial charge is 0.220 e. The highest BCUT2D eigenvalue weighted by atomic mass is 16.3. The van der Waals surface area contributed by atoms with Gasteiger partial charge in [-0.25, -0.2) is 0 Å². The summed E-state index contributed by atoms with van der Waals surface area (Å²) in [6.07, 6.45) is 5.55. The lowest BCUT2D eigenvalue weighted by Crippen LogP contribution is -2.47. The zero-order valence-corrected chi connectivity index (χ0v) is 9.88. The SMILES string of the molecule is CCCC(C)CC(=O)NCC1(O)CCC1. The highest BCUT2D eigenvalue weighted by Gasteiger charge is 2.34. The van der Waals surface area contributed by atoms with E-state index in [2.05, 4.69) is 19.2 Å². The average molecular weight is 213 g/mol. The van der Waals surface area contributed by atoms with Crippen LogP contribution in [-0.2, 0) is 4.79 Å². The second-order valence-corrected chi connectivity index (χ2v) is 4.95. The van der Waals surface area contributed by atoms with Crippen molar-refractivity contribution in [2.75, 3.05) is 6.54 Å². The molecule has 2 N–H and O–H groups in total. The number of rotatable bonds is 6. The van der Waals surface area contributed by atoms with E-state index in [1.165, 1.54) is 0 Å². The van der Waals surface area contributed by atoms with E-state index < -0.39 is 5.60 Å². The molecule has 0 aromatic carbocycles. The maximum absolute atomic E-state index is 11.5. The van der Waals surface area contributed by atoms with Crippen LogP contribution in [0.3, 0.4) is 0 Å². The van der Waals surface area contributed by atoms with E-state index in [9.17, 15) is 9.90 Å². The molecule has 1 amide bonds. The van der Waals surface area contributed by atoms with Crippen molar-refractivity contribution in [1.82, 2.24) is 5.32 Å². The third-order valence-corrected chi connectivity index (χ3v) is 3.21. The maximum Gasteiger partial charge on any atom is 0.220 e. The van der Waals surface area contributed by atoms with Gasteiger partial charge in [0.1, 0.15) is 0 Å². The minimum atomic E-state index is -0.594. The van der Waals surface area contributed by atoms with Gasteiger partial charge in [-0.2, -0.15) is 0 Å². The Hall–Kier alpha value is -0.570. The summed E-state index contributed by atoms with van der Waals surface area (Å²) in [6.45, 7) is 4.66. The molecule has 1 aliphatic carbocycles. The van der Waals surface area contributed by atoms with E-state index in [1.54, 1.807) is 0 Å². The van der Waals surface area contributed by atoms with Gasteiger partial charge < -0.3 is 10.4 Å². The number of carbonyl (C=O) groups is 1. The molecule has 88 valence electrons. The van der Waals surface area contributed by atoms with E-state index in [-0.39, 0.29) is 5.91 Å². The van der Waals surface area contributed by atoms with Crippen LogP contribution < -0.4 is 5.32 Å². The van der Waals surface area contributed by atoms with Gasteiger partial charge in [0.15, 0.2) is 0 Å². The Kier molecular flexibility index (Phi) is 4.58. The van der Waals surface area contributed by atoms with Crippen LogP contribution in [-0.4, -0.2) is 23.2 Å². The monoisotopic (exact) mass is 213 g/mol. The van der Waals surface area contributed by atoms with Crippen molar-refractivity contribution in [2.24, 2.45) is 5.92 Å². The topological polar surface area (TPSA) is 49.3 Å². The molecular weight excluding hydrogens is 190 g/mol. The summed E-state index contributed by atoms with van der Waals surface area (Å²) >= 11 is 0. The molecule has 15 heavy (non-hydrogen) atoms. The van der Waals surface area contributed by atoms with Gasteiger partial charge in [0, 0.05) is 13.0 Å². The number of amides is 1. The number of aliphatic hydroxyl groups is 1. The Morgan fingerprint density at radius 1 is 1.53 bits per heavy atom. The summed E-state index contributed by atoms with van der Waals surface area (Å²) in [5, 5.41) is 12.6. The van der Waals surface area contributed by atoms with E-state index in [0.29, 0.717) is 18.9 Å². The number of hydrogen-bond donors (Lipinski definition) is 2. The third-order valence-electron chi connectivity index (χ3n) is 3.21. The molecule has 1 unspecified atom stereocenters. The molecule has 0 aromatic heterocycles. The molecule has 1 atom stereocenters. The first-order valence-corrected chi connectivity index (χ1v) is 6.05. The zero-order valence-electron chi connectivity index (χ0n) is 9.88. The van der Waals surface area contributed by atoms with Gasteiger partial charge in [0.05, 0.1) is 5.60 Å². The van der Waals surface area contributed by atoms with Crippen molar-refractivity contribution in [3.8, 4) is 0 Å². The van der Waals surface area contributed by atoms with E-state index in [1.807, 2.05) is 0 Å². The fourth-order valence-corrected chi connectivity index (χ4v) is 2.01. The molecule has 1 rings (SSSR count). The third kappa shape index (κ3) is 4.20. The first-order valence-electron chi connectivity index (χ1n) is 6.05. The van der Waals surface area contributed by atoms with Crippen molar-refractivity contribution < 1.29 is 9.90 Å². The van der Waals surface area contributed by atoms with Crippen molar-refractivity contribution >= 4 is 5.91 Å². The van der Waals surface area contributed by atoms with Gasteiger partial charge in [-0.1, -0.05) is 26.7 Å². The van der Waals surface area contributed by atoms with Crippen molar-refractivity contribution in [1.29, 1.82) is 0 Å². The Morgan fingerprint density at radius 2 is 2.20 bits per heavy atom. The molecule has 1 saturated carbocycles. The van der Waals surface area contributed by atoms with E-state index in [4.69, 9.17) is 0 Å². The first kappa shape index (κ1) is 12.5. The molecule has 1 fully saturated rings. The summed E-state index contributed by atoms with van der Waals surface area (Å²) in [5.41, 5.74) is -0.594. The minimum absolute atomic E-state index is 0.0799. The predicted octanol–water partition coefficient (Wildman–Crippen LogP) is 1.84. The average Bonchev–Trinajstić information content (AvgIpc) is 2.12. The molecule has 0 heterocycles. The summed E-state index contributed by atoms with van der Waals surface area (Å²) in [7, 11) is 0. The van der Waals surface area contributed by atoms with Gasteiger partial charge in [0.25, 0.3) is 0 Å². The van der Waals surface area contributed by atoms with Crippen LogP contribution in [0.4, 0.5) is 0 Å². The lowest BCUT2D eigenvalue weighted by molar-refractivity contribution is -0.124. The molecule has 0 spiro atoms. The molecule has 0 radical (unpaired) electrons. The number of hydrogen-bond acceptors (Lipinski definition) is 2. The van der Waals surface area contributed by atoms with Crippen molar-refractivity contribution in [3.63, 3.8) is 0 Å². The Bertz CT molecular complexity index is 212. The van der Waals surface area contributed by atoms with Gasteiger partial charge in [-0.3, -0.25) is 4.79 Å². The molecule has 1 aliphatic rings. The molecule has 0 bridgehead atoms. The Morgan fingerprint density at radius 3 is 2.67 bits per heavy atom. The van der Waals surface area contributed by atoms with Crippen LogP contribution in [0.5, 0.6) is 0 Å². The second-order valence-electron chi connectivity index (χ2n) is 4.95. The predicted molar refractivity (Wildman–Crippen MR) is 60.5 cm³/mol. The maximum atomic E-state index is 11.5. The van der Waals surface area contributed by atoms with E-state index in [0.717, 1.165) is 32.1 Å². The molecule has 3 heteroatoms. The molecule has 0 aromatic rings. The van der Waals surface area contributed by atoms with Gasteiger partial charge in [-0.15, -0.1) is 0 Å². The van der Waals surface area contributed by atoms with Gasteiger partial charge in [0.2, 0.25) is 5.91 Å². The zero-order chi connectivity index (χ0) is 11.3. The second kappa shape index (κ2) is 5.50. The lowest BCUT2D eigenvalue weighted by Gasteiger charge is -2.36. The lowest BCUT2D eigenvalue weighted by atomic mass is 9.80. The highest BCUT2D eigenvalue weighted by molar-refractivity contribution is 5.76. The van der Waals surface area contributed by atoms with Gasteiger partial charge in [-0.05, 0) is 25.2 Å². The minimum Gasteiger partial charge on any atom is -0.388 e. The largest absolute Gasteiger partial charge is 0.388 e. The fourth-order valence-electron chi connectivity index (χ4n) is 2.01.